The van der Waals surface area contributed by atoms with E-state index < -0.39 is 0 Å². The molecule has 0 N–H and O–H groups in total. The van der Waals surface area contributed by atoms with Crippen molar-refractivity contribution in [2.45, 2.75) is 6.92 Å². The summed E-state index contributed by atoms with van der Waals surface area (Å²) in [4.78, 5) is 16.1. The molecule has 0 saturated carbocycles. The van der Waals surface area contributed by atoms with Crippen LogP contribution < -0.4 is 0 Å². The van der Waals surface area contributed by atoms with Gasteiger partial charge >= 0.3 is 5.97 Å². The van der Waals surface area contributed by atoms with Crippen LogP contribution in [-0.2, 0) is 4.74 Å². The Kier molecular flexibility index (Phi) is 2.30. The van der Waals surface area contributed by atoms with Crippen LogP contribution in [0.1, 0.15) is 16.1 Å². The van der Waals surface area contributed by atoms with E-state index in [9.17, 15) is 4.79 Å². The topological polar surface area (TPSA) is 52.3 Å². The van der Waals surface area contributed by atoms with Gasteiger partial charge in [-0.2, -0.15) is 0 Å². The monoisotopic (exact) mass is 241 g/mol. The maximum absolute atomic E-state index is 11.8. The van der Waals surface area contributed by atoms with Crippen molar-refractivity contribution < 1.29 is 13.9 Å². The number of fused-ring (bicyclic) bond motifs is 3. The molecule has 0 aliphatic rings. The first-order chi connectivity index (χ1) is 8.70. The van der Waals surface area contributed by atoms with E-state index in [0.717, 1.165) is 16.7 Å². The van der Waals surface area contributed by atoms with E-state index in [0.29, 0.717) is 16.7 Å². The van der Waals surface area contributed by atoms with Gasteiger partial charge in [-0.15, -0.1) is 0 Å². The Bertz CT molecular complexity index is 758. The molecule has 90 valence electrons. The highest BCUT2D eigenvalue weighted by Crippen LogP contribution is 2.30. The number of pyridine rings is 1. The summed E-state index contributed by atoms with van der Waals surface area (Å²) >= 11 is 0. The van der Waals surface area contributed by atoms with Gasteiger partial charge in [0.25, 0.3) is 0 Å². The van der Waals surface area contributed by atoms with Crippen LogP contribution in [0.4, 0.5) is 0 Å². The molecule has 0 atom stereocenters. The van der Waals surface area contributed by atoms with Crippen LogP contribution in [0.2, 0.25) is 0 Å². The summed E-state index contributed by atoms with van der Waals surface area (Å²) in [7, 11) is 1.37. The van der Waals surface area contributed by atoms with E-state index in [2.05, 4.69) is 4.98 Å². The van der Waals surface area contributed by atoms with Crippen molar-refractivity contribution >= 4 is 28.0 Å². The summed E-state index contributed by atoms with van der Waals surface area (Å²) in [6.45, 7) is 1.82. The maximum atomic E-state index is 11.8. The first-order valence-corrected chi connectivity index (χ1v) is 5.58. The van der Waals surface area contributed by atoms with E-state index in [1.165, 1.54) is 7.11 Å². The van der Waals surface area contributed by atoms with Gasteiger partial charge in [-0.25, -0.2) is 9.78 Å². The Morgan fingerprint density at radius 3 is 2.89 bits per heavy atom. The second-order valence-corrected chi connectivity index (χ2v) is 4.08. The van der Waals surface area contributed by atoms with Crippen molar-refractivity contribution in [2.75, 3.05) is 7.11 Å². The fraction of sp³-hybridized carbons (Fsp3) is 0.143. The molecule has 0 unspecified atom stereocenters. The van der Waals surface area contributed by atoms with Gasteiger partial charge in [0.05, 0.1) is 18.1 Å². The molecule has 18 heavy (non-hydrogen) atoms. The number of hydrogen-bond donors (Lipinski definition) is 0. The average molecular weight is 241 g/mol. The van der Waals surface area contributed by atoms with E-state index in [-0.39, 0.29) is 5.97 Å². The second kappa shape index (κ2) is 3.84. The largest absolute Gasteiger partial charge is 0.465 e. The molecular weight excluding hydrogens is 230 g/mol. The molecule has 0 aliphatic carbocycles. The third kappa shape index (κ3) is 1.46. The van der Waals surface area contributed by atoms with E-state index in [4.69, 9.17) is 9.15 Å². The van der Waals surface area contributed by atoms with Crippen LogP contribution in [0.3, 0.4) is 0 Å². The summed E-state index contributed by atoms with van der Waals surface area (Å²) in [5.74, 6) is -0.378. The van der Waals surface area contributed by atoms with E-state index >= 15 is 0 Å². The zero-order valence-corrected chi connectivity index (χ0v) is 10.1. The van der Waals surface area contributed by atoms with Crippen LogP contribution in [0.5, 0.6) is 0 Å². The standard InChI is InChI=1S/C14H11NO3/c1-8-7-10(14(16)17-2)12-9-5-3-4-6-11(9)18-13(12)15-8/h3-7H,1-2H3. The van der Waals surface area contributed by atoms with Gasteiger partial charge in [0.2, 0.25) is 5.71 Å². The summed E-state index contributed by atoms with van der Waals surface area (Å²) < 4.78 is 10.5. The molecule has 4 nitrogen and oxygen atoms in total. The molecule has 0 spiro atoms. The lowest BCUT2D eigenvalue weighted by Gasteiger charge is -2.01. The Balaban J connectivity index is 2.50. The molecule has 0 saturated heterocycles. The predicted octanol–water partition coefficient (Wildman–Crippen LogP) is 3.08. The van der Waals surface area contributed by atoms with Crippen molar-refractivity contribution in [3.05, 3.63) is 41.6 Å². The van der Waals surface area contributed by atoms with Crippen molar-refractivity contribution in [3.63, 3.8) is 0 Å². The first-order valence-electron chi connectivity index (χ1n) is 5.58. The number of ether oxygens (including phenoxy) is 1. The summed E-state index contributed by atoms with van der Waals surface area (Å²) in [6.07, 6.45) is 0. The number of benzene rings is 1. The molecule has 0 amide bonds. The SMILES string of the molecule is COC(=O)c1cc(C)nc2oc3ccccc3c12. The Labute approximate surface area is 103 Å². The maximum Gasteiger partial charge on any atom is 0.338 e. The van der Waals surface area contributed by atoms with Gasteiger partial charge in [0.1, 0.15) is 5.58 Å². The fourth-order valence-electron chi connectivity index (χ4n) is 2.12. The molecule has 0 bridgehead atoms. The van der Waals surface area contributed by atoms with Gasteiger partial charge in [0.15, 0.2) is 0 Å². The van der Waals surface area contributed by atoms with Crippen LogP contribution in [-0.4, -0.2) is 18.1 Å². The third-order valence-corrected chi connectivity index (χ3v) is 2.88. The molecule has 2 heterocycles. The number of furan rings is 1. The smallest absolute Gasteiger partial charge is 0.338 e. The number of methoxy groups -OCH3 is 1. The Hall–Kier alpha value is -2.36. The van der Waals surface area contributed by atoms with Gasteiger partial charge < -0.3 is 9.15 Å². The highest BCUT2D eigenvalue weighted by atomic mass is 16.5. The van der Waals surface area contributed by atoms with Crippen molar-refractivity contribution in [1.29, 1.82) is 0 Å². The zero-order chi connectivity index (χ0) is 12.7. The number of nitrogens with zero attached hydrogens (tertiary/aromatic N) is 1. The Morgan fingerprint density at radius 1 is 1.33 bits per heavy atom. The minimum Gasteiger partial charge on any atom is -0.465 e. The lowest BCUT2D eigenvalue weighted by Crippen LogP contribution is -2.03. The number of esters is 1. The molecule has 0 aliphatic heterocycles. The van der Waals surface area contributed by atoms with Gasteiger partial charge in [0, 0.05) is 11.1 Å². The van der Waals surface area contributed by atoms with Gasteiger partial charge in [-0.05, 0) is 19.1 Å². The first kappa shape index (κ1) is 10.8. The highest BCUT2D eigenvalue weighted by molar-refractivity contribution is 6.14. The molecular formula is C14H11NO3. The fourth-order valence-corrected chi connectivity index (χ4v) is 2.12. The summed E-state index contributed by atoms with van der Waals surface area (Å²) in [6, 6.07) is 9.27. The average Bonchev–Trinajstić information content (AvgIpc) is 2.74. The minimum atomic E-state index is -0.378. The van der Waals surface area contributed by atoms with Crippen molar-refractivity contribution in [2.24, 2.45) is 0 Å². The van der Waals surface area contributed by atoms with Crippen LogP contribution >= 0.6 is 0 Å². The third-order valence-electron chi connectivity index (χ3n) is 2.88. The number of para-hydroxylation sites is 1. The minimum absolute atomic E-state index is 0.378. The molecule has 1 aromatic carbocycles. The van der Waals surface area contributed by atoms with Gasteiger partial charge in [-0.1, -0.05) is 18.2 Å². The predicted molar refractivity (Wildman–Crippen MR) is 67.6 cm³/mol. The molecule has 4 heteroatoms. The van der Waals surface area contributed by atoms with Gasteiger partial charge in [-0.3, -0.25) is 0 Å². The van der Waals surface area contributed by atoms with Crippen LogP contribution in [0.15, 0.2) is 34.7 Å². The lowest BCUT2D eigenvalue weighted by molar-refractivity contribution is 0.0603. The van der Waals surface area contributed by atoms with E-state index in [1.807, 2.05) is 31.2 Å². The number of aromatic nitrogens is 1. The molecule has 0 radical (unpaired) electrons. The number of carbonyl (C=O) groups excluding carboxylic acids is 1. The summed E-state index contributed by atoms with van der Waals surface area (Å²) in [5.41, 5.74) is 2.40. The van der Waals surface area contributed by atoms with E-state index in [1.54, 1.807) is 6.07 Å². The number of hydrogen-bond acceptors (Lipinski definition) is 4. The zero-order valence-electron chi connectivity index (χ0n) is 10.1. The molecule has 3 aromatic rings. The van der Waals surface area contributed by atoms with Crippen LogP contribution in [0.25, 0.3) is 22.1 Å². The number of carbonyl (C=O) groups is 1. The Morgan fingerprint density at radius 2 is 2.11 bits per heavy atom. The molecule has 2 aromatic heterocycles. The van der Waals surface area contributed by atoms with Crippen molar-refractivity contribution in [1.82, 2.24) is 4.98 Å². The lowest BCUT2D eigenvalue weighted by atomic mass is 10.1. The normalized spacial score (nSPS) is 11.0. The quantitative estimate of drug-likeness (QED) is 0.614. The highest BCUT2D eigenvalue weighted by Gasteiger charge is 2.18. The number of rotatable bonds is 1. The van der Waals surface area contributed by atoms with Crippen molar-refractivity contribution in [3.8, 4) is 0 Å². The number of aryl methyl sites for hydroxylation is 1. The van der Waals surface area contributed by atoms with Crippen LogP contribution in [0, 0.1) is 6.92 Å². The molecule has 0 fully saturated rings. The molecule has 3 rings (SSSR count). The second-order valence-electron chi connectivity index (χ2n) is 4.08. The summed E-state index contributed by atoms with van der Waals surface area (Å²) in [5, 5.41) is 1.59.